The van der Waals surface area contributed by atoms with Crippen molar-refractivity contribution in [3.63, 3.8) is 0 Å². The maximum atomic E-state index is 3.60. The van der Waals surface area contributed by atoms with Crippen LogP contribution in [0.25, 0.3) is 0 Å². The molecule has 18 heavy (non-hydrogen) atoms. The van der Waals surface area contributed by atoms with Crippen molar-refractivity contribution in [2.24, 2.45) is 0 Å². The van der Waals surface area contributed by atoms with Gasteiger partial charge in [-0.3, -0.25) is 4.90 Å². The number of aryl methyl sites for hydroxylation is 2. The Labute approximate surface area is 110 Å². The average molecular weight is 245 g/mol. The highest BCUT2D eigenvalue weighted by Crippen LogP contribution is 2.38. The summed E-state index contributed by atoms with van der Waals surface area (Å²) in [6, 6.07) is 5.13. The molecule has 0 amide bonds. The number of hydrogen-bond acceptors (Lipinski definition) is 3. The molecule has 1 aromatic carbocycles. The minimum Gasteiger partial charge on any atom is -0.384 e. The van der Waals surface area contributed by atoms with Crippen LogP contribution in [-0.2, 0) is 0 Å². The minimum absolute atomic E-state index is 0.614. The molecule has 1 aromatic rings. The van der Waals surface area contributed by atoms with Crippen LogP contribution >= 0.6 is 0 Å². The van der Waals surface area contributed by atoms with E-state index in [-0.39, 0.29) is 0 Å². The summed E-state index contributed by atoms with van der Waals surface area (Å²) in [4.78, 5) is 2.66. The van der Waals surface area contributed by atoms with Gasteiger partial charge in [0.15, 0.2) is 0 Å². The maximum absolute atomic E-state index is 3.60. The fourth-order valence-corrected chi connectivity index (χ4v) is 3.33. The van der Waals surface area contributed by atoms with Gasteiger partial charge in [0.05, 0.1) is 0 Å². The van der Waals surface area contributed by atoms with Gasteiger partial charge in [0.25, 0.3) is 0 Å². The fraction of sp³-hybridized carbons (Fsp3) is 0.600. The van der Waals surface area contributed by atoms with Crippen molar-refractivity contribution < 1.29 is 0 Å². The smallest absolute Gasteiger partial charge is 0.0421 e. The normalized spacial score (nSPS) is 24.4. The molecule has 2 heterocycles. The third kappa shape index (κ3) is 2.02. The number of benzene rings is 1. The fourth-order valence-electron chi connectivity index (χ4n) is 3.33. The van der Waals surface area contributed by atoms with Crippen LogP contribution < -0.4 is 10.6 Å². The first-order valence-corrected chi connectivity index (χ1v) is 7.06. The zero-order valence-corrected chi connectivity index (χ0v) is 11.4. The van der Waals surface area contributed by atoms with Crippen molar-refractivity contribution in [1.82, 2.24) is 10.2 Å². The van der Waals surface area contributed by atoms with E-state index in [0.717, 1.165) is 19.6 Å². The first-order chi connectivity index (χ1) is 8.77. The van der Waals surface area contributed by atoms with E-state index in [1.54, 1.807) is 5.56 Å². The lowest BCUT2D eigenvalue weighted by molar-refractivity contribution is 0.165. The zero-order chi connectivity index (χ0) is 12.5. The second kappa shape index (κ2) is 4.90. The highest BCUT2D eigenvalue weighted by atomic mass is 15.2. The third-order valence-corrected chi connectivity index (χ3v) is 4.32. The molecule has 0 bridgehead atoms. The molecule has 2 N–H and O–H groups in total. The third-order valence-electron chi connectivity index (χ3n) is 4.32. The lowest BCUT2D eigenvalue weighted by Gasteiger charge is -2.39. The molecule has 0 aliphatic carbocycles. The Morgan fingerprint density at radius 1 is 1.06 bits per heavy atom. The van der Waals surface area contributed by atoms with Crippen LogP contribution in [0.4, 0.5) is 5.69 Å². The van der Waals surface area contributed by atoms with Gasteiger partial charge in [-0.2, -0.15) is 0 Å². The molecule has 3 rings (SSSR count). The van der Waals surface area contributed by atoms with Crippen LogP contribution in [0, 0.1) is 13.8 Å². The number of anilines is 1. The predicted octanol–water partition coefficient (Wildman–Crippen LogP) is 2.07. The zero-order valence-electron chi connectivity index (χ0n) is 11.4. The molecule has 0 saturated carbocycles. The lowest BCUT2D eigenvalue weighted by atomic mass is 9.90. The first-order valence-electron chi connectivity index (χ1n) is 7.06. The Bertz CT molecular complexity index is 436. The van der Waals surface area contributed by atoms with Gasteiger partial charge in [-0.05, 0) is 37.0 Å². The van der Waals surface area contributed by atoms with Gasteiger partial charge in [-0.1, -0.05) is 12.1 Å². The Kier molecular flexibility index (Phi) is 3.27. The van der Waals surface area contributed by atoms with Gasteiger partial charge < -0.3 is 10.6 Å². The van der Waals surface area contributed by atoms with Gasteiger partial charge in [-0.15, -0.1) is 0 Å². The molecular weight excluding hydrogens is 222 g/mol. The van der Waals surface area contributed by atoms with Crippen molar-refractivity contribution in [3.8, 4) is 0 Å². The summed E-state index contributed by atoms with van der Waals surface area (Å²) in [5.41, 5.74) is 5.76. The Balaban J connectivity index is 1.97. The van der Waals surface area contributed by atoms with E-state index in [1.807, 2.05) is 0 Å². The summed E-state index contributed by atoms with van der Waals surface area (Å²) in [5.74, 6) is 0. The quantitative estimate of drug-likeness (QED) is 0.793. The topological polar surface area (TPSA) is 27.3 Å². The van der Waals surface area contributed by atoms with Crippen molar-refractivity contribution in [3.05, 3.63) is 28.8 Å². The van der Waals surface area contributed by atoms with Crippen molar-refractivity contribution in [1.29, 1.82) is 0 Å². The molecule has 1 saturated heterocycles. The van der Waals surface area contributed by atoms with E-state index in [0.29, 0.717) is 6.04 Å². The summed E-state index contributed by atoms with van der Waals surface area (Å²) < 4.78 is 0. The summed E-state index contributed by atoms with van der Waals surface area (Å²) in [5, 5.41) is 7.04. The molecule has 3 heteroatoms. The molecular formula is C15H23N3. The highest BCUT2D eigenvalue weighted by Gasteiger charge is 2.28. The van der Waals surface area contributed by atoms with E-state index < -0.39 is 0 Å². The Morgan fingerprint density at radius 2 is 1.78 bits per heavy atom. The standard InChI is InChI=1S/C15H23N3/c1-11-3-4-12(2)15-14(11)13(5-6-17-15)18-9-7-16-8-10-18/h3-4,13,16-17H,5-10H2,1-2H3. The molecule has 1 fully saturated rings. The molecule has 0 radical (unpaired) electrons. The number of rotatable bonds is 1. The van der Waals surface area contributed by atoms with Crippen LogP contribution in [0.2, 0.25) is 0 Å². The number of nitrogens with zero attached hydrogens (tertiary/aromatic N) is 1. The Morgan fingerprint density at radius 3 is 2.56 bits per heavy atom. The van der Waals surface area contributed by atoms with E-state index in [2.05, 4.69) is 41.5 Å². The largest absolute Gasteiger partial charge is 0.384 e. The molecule has 3 nitrogen and oxygen atoms in total. The van der Waals surface area contributed by atoms with E-state index >= 15 is 0 Å². The van der Waals surface area contributed by atoms with Crippen molar-refractivity contribution in [2.75, 3.05) is 38.0 Å². The molecule has 98 valence electrons. The van der Waals surface area contributed by atoms with E-state index in [4.69, 9.17) is 0 Å². The second-order valence-corrected chi connectivity index (χ2v) is 5.51. The number of hydrogen-bond donors (Lipinski definition) is 2. The van der Waals surface area contributed by atoms with Crippen LogP contribution in [0.1, 0.15) is 29.2 Å². The van der Waals surface area contributed by atoms with Crippen molar-refractivity contribution in [2.45, 2.75) is 26.3 Å². The van der Waals surface area contributed by atoms with Crippen LogP contribution in [0.15, 0.2) is 12.1 Å². The van der Waals surface area contributed by atoms with Gasteiger partial charge in [0, 0.05) is 44.5 Å². The summed E-state index contributed by atoms with van der Waals surface area (Å²) in [6.45, 7) is 10.2. The highest BCUT2D eigenvalue weighted by molar-refractivity contribution is 5.62. The van der Waals surface area contributed by atoms with Crippen LogP contribution in [-0.4, -0.2) is 37.6 Å². The van der Waals surface area contributed by atoms with Crippen LogP contribution in [0.3, 0.4) is 0 Å². The predicted molar refractivity (Wildman–Crippen MR) is 76.2 cm³/mol. The summed E-state index contributed by atoms with van der Waals surface area (Å²) >= 11 is 0. The molecule has 1 atom stereocenters. The molecule has 0 aromatic heterocycles. The Hall–Kier alpha value is -1.06. The van der Waals surface area contributed by atoms with Gasteiger partial charge in [-0.25, -0.2) is 0 Å². The molecule has 0 spiro atoms. The first kappa shape index (κ1) is 12.0. The summed E-state index contributed by atoms with van der Waals surface area (Å²) in [7, 11) is 0. The molecule has 1 unspecified atom stereocenters. The maximum Gasteiger partial charge on any atom is 0.0421 e. The lowest BCUT2D eigenvalue weighted by Crippen LogP contribution is -2.46. The SMILES string of the molecule is Cc1ccc(C)c2c1NCCC2N1CCNCC1. The summed E-state index contributed by atoms with van der Waals surface area (Å²) in [6.07, 6.45) is 1.23. The number of piperazine rings is 1. The van der Waals surface area contributed by atoms with E-state index in [1.165, 1.54) is 36.3 Å². The molecule has 2 aliphatic rings. The van der Waals surface area contributed by atoms with Gasteiger partial charge in [0.1, 0.15) is 0 Å². The second-order valence-electron chi connectivity index (χ2n) is 5.51. The van der Waals surface area contributed by atoms with E-state index in [9.17, 15) is 0 Å². The van der Waals surface area contributed by atoms with Crippen LogP contribution in [0.5, 0.6) is 0 Å². The number of fused-ring (bicyclic) bond motifs is 1. The van der Waals surface area contributed by atoms with Gasteiger partial charge >= 0.3 is 0 Å². The average Bonchev–Trinajstić information content (AvgIpc) is 2.43. The van der Waals surface area contributed by atoms with Crippen molar-refractivity contribution >= 4 is 5.69 Å². The molecule has 2 aliphatic heterocycles. The minimum atomic E-state index is 0.614. The number of nitrogens with one attached hydrogen (secondary N) is 2. The monoisotopic (exact) mass is 245 g/mol. The van der Waals surface area contributed by atoms with Gasteiger partial charge in [0.2, 0.25) is 0 Å².